The van der Waals surface area contributed by atoms with Crippen molar-refractivity contribution in [3.05, 3.63) is 58.7 Å². The Labute approximate surface area is 168 Å². The van der Waals surface area contributed by atoms with Crippen LogP contribution in [0.3, 0.4) is 0 Å². The first-order valence-electron chi connectivity index (χ1n) is 9.81. The monoisotopic (exact) mass is 382 g/mol. The molecule has 0 bridgehead atoms. The van der Waals surface area contributed by atoms with Crippen LogP contribution < -0.4 is 15.5 Å². The molecular formula is C23H32N3O2+. The molecule has 0 saturated heterocycles. The molecule has 0 saturated carbocycles. The number of para-hydroxylation sites is 1. The Kier molecular flexibility index (Phi) is 7.35. The normalized spacial score (nSPS) is 12.9. The van der Waals surface area contributed by atoms with E-state index >= 15 is 0 Å². The molecule has 3 N–H and O–H groups in total. The number of rotatable bonds is 7. The zero-order valence-electron chi connectivity index (χ0n) is 17.8. The second-order valence-corrected chi connectivity index (χ2v) is 7.57. The van der Waals surface area contributed by atoms with Crippen LogP contribution in [0.4, 0.5) is 11.4 Å². The number of carbonyl (C=O) groups excluding carboxylic acids is 2. The maximum atomic E-state index is 12.7. The van der Waals surface area contributed by atoms with Gasteiger partial charge in [-0.1, -0.05) is 42.8 Å². The summed E-state index contributed by atoms with van der Waals surface area (Å²) in [6.07, 6.45) is 0.854. The number of aryl methyl sites for hydroxylation is 4. The average molecular weight is 383 g/mol. The lowest BCUT2D eigenvalue weighted by Gasteiger charge is -2.22. The number of hydrogen-bond acceptors (Lipinski definition) is 2. The van der Waals surface area contributed by atoms with Crippen molar-refractivity contribution in [2.24, 2.45) is 0 Å². The highest BCUT2D eigenvalue weighted by Crippen LogP contribution is 2.22. The Morgan fingerprint density at radius 3 is 2.25 bits per heavy atom. The summed E-state index contributed by atoms with van der Waals surface area (Å²) in [4.78, 5) is 26.0. The fourth-order valence-electron chi connectivity index (χ4n) is 3.38. The van der Waals surface area contributed by atoms with Crippen LogP contribution in [0.5, 0.6) is 0 Å². The summed E-state index contributed by atoms with van der Waals surface area (Å²) in [7, 11) is 1.87. The third kappa shape index (κ3) is 5.42. The minimum Gasteiger partial charge on any atom is -0.321 e. The number of nitrogens with one attached hydrogen (secondary N) is 3. The molecule has 2 aromatic rings. The zero-order valence-corrected chi connectivity index (χ0v) is 17.8. The Hall–Kier alpha value is -2.66. The van der Waals surface area contributed by atoms with Gasteiger partial charge in [0.15, 0.2) is 12.6 Å². The topological polar surface area (TPSA) is 62.6 Å². The first kappa shape index (κ1) is 21.6. The van der Waals surface area contributed by atoms with Gasteiger partial charge < -0.3 is 15.5 Å². The number of amides is 2. The maximum absolute atomic E-state index is 12.7. The second-order valence-electron chi connectivity index (χ2n) is 7.57. The standard InChI is InChI=1S/C23H31N3O2/c1-7-19-10-8-9-11-20(19)24-21(27)14-26(6)18(5)23(28)25-22-16(3)12-15(2)13-17(22)4/h8-13,18H,7,14H2,1-6H3,(H,24,27)(H,25,28)/p+1/t18-/m1/s1. The molecular weight excluding hydrogens is 350 g/mol. The van der Waals surface area contributed by atoms with Gasteiger partial charge in [0.05, 0.1) is 7.05 Å². The lowest BCUT2D eigenvalue weighted by atomic mass is 10.0. The van der Waals surface area contributed by atoms with E-state index < -0.39 is 0 Å². The largest absolute Gasteiger partial charge is 0.321 e. The summed E-state index contributed by atoms with van der Waals surface area (Å²) in [6.45, 7) is 10.2. The van der Waals surface area contributed by atoms with E-state index in [4.69, 9.17) is 0 Å². The van der Waals surface area contributed by atoms with Crippen LogP contribution in [0.15, 0.2) is 36.4 Å². The fraction of sp³-hybridized carbons (Fsp3) is 0.391. The van der Waals surface area contributed by atoms with Gasteiger partial charge in [0.2, 0.25) is 0 Å². The van der Waals surface area contributed by atoms with Crippen LogP contribution in [-0.2, 0) is 16.0 Å². The van der Waals surface area contributed by atoms with Crippen LogP contribution >= 0.6 is 0 Å². The van der Waals surface area contributed by atoms with Gasteiger partial charge in [-0.2, -0.15) is 0 Å². The summed E-state index contributed by atoms with van der Waals surface area (Å²) in [6, 6.07) is 11.6. The molecule has 5 heteroatoms. The Morgan fingerprint density at radius 2 is 1.64 bits per heavy atom. The van der Waals surface area contributed by atoms with Gasteiger partial charge in [-0.25, -0.2) is 0 Å². The van der Waals surface area contributed by atoms with E-state index in [1.54, 1.807) is 0 Å². The lowest BCUT2D eigenvalue weighted by Crippen LogP contribution is -3.14. The molecule has 150 valence electrons. The molecule has 0 heterocycles. The van der Waals surface area contributed by atoms with Crippen molar-refractivity contribution in [1.29, 1.82) is 0 Å². The first-order chi connectivity index (χ1) is 13.2. The van der Waals surface area contributed by atoms with Crippen LogP contribution in [0.25, 0.3) is 0 Å². The van der Waals surface area contributed by atoms with E-state index in [9.17, 15) is 9.59 Å². The summed E-state index contributed by atoms with van der Waals surface area (Å²) < 4.78 is 0. The summed E-state index contributed by atoms with van der Waals surface area (Å²) in [5, 5.41) is 6.00. The average Bonchev–Trinajstić information content (AvgIpc) is 2.64. The van der Waals surface area contributed by atoms with Crippen molar-refractivity contribution < 1.29 is 14.5 Å². The van der Waals surface area contributed by atoms with Crippen molar-refractivity contribution in [1.82, 2.24) is 0 Å². The smallest absolute Gasteiger partial charge is 0.282 e. The van der Waals surface area contributed by atoms with Crippen molar-refractivity contribution in [2.75, 3.05) is 24.2 Å². The molecule has 0 aliphatic heterocycles. The fourth-order valence-corrected chi connectivity index (χ4v) is 3.38. The molecule has 0 aliphatic carbocycles. The predicted octanol–water partition coefficient (Wildman–Crippen LogP) is 2.65. The molecule has 2 amide bonds. The number of hydrogen-bond donors (Lipinski definition) is 3. The van der Waals surface area contributed by atoms with Gasteiger partial charge in [-0.3, -0.25) is 9.59 Å². The summed E-state index contributed by atoms with van der Waals surface area (Å²) in [5.74, 6) is -0.185. The lowest BCUT2D eigenvalue weighted by molar-refractivity contribution is -0.885. The Bertz CT molecular complexity index is 838. The van der Waals surface area contributed by atoms with E-state index in [1.165, 1.54) is 5.56 Å². The number of benzene rings is 2. The molecule has 0 aliphatic rings. The van der Waals surface area contributed by atoms with Crippen molar-refractivity contribution >= 4 is 23.2 Å². The predicted molar refractivity (Wildman–Crippen MR) is 115 cm³/mol. The molecule has 0 spiro atoms. The van der Waals surface area contributed by atoms with Crippen molar-refractivity contribution in [3.63, 3.8) is 0 Å². The molecule has 0 aromatic heterocycles. The van der Waals surface area contributed by atoms with Crippen molar-refractivity contribution in [2.45, 2.75) is 47.1 Å². The highest BCUT2D eigenvalue weighted by Gasteiger charge is 2.25. The summed E-state index contributed by atoms with van der Waals surface area (Å²) >= 11 is 0. The number of quaternary nitrogens is 1. The molecule has 1 unspecified atom stereocenters. The molecule has 0 fully saturated rings. The van der Waals surface area contributed by atoms with Crippen LogP contribution in [0.1, 0.15) is 36.1 Å². The SMILES string of the molecule is CCc1ccccc1NC(=O)C[NH+](C)[C@H](C)C(=O)Nc1c(C)cc(C)cc1C. The Balaban J connectivity index is 1.99. The second kappa shape index (κ2) is 9.51. The van der Waals surface area contributed by atoms with Crippen molar-refractivity contribution in [3.8, 4) is 0 Å². The Morgan fingerprint density at radius 1 is 1.04 bits per heavy atom. The molecule has 0 radical (unpaired) electrons. The molecule has 2 rings (SSSR count). The van der Waals surface area contributed by atoms with Gasteiger partial charge in [-0.05, 0) is 56.9 Å². The number of likely N-dealkylation sites (N-methyl/N-ethyl adjacent to an activating group) is 1. The molecule has 28 heavy (non-hydrogen) atoms. The third-order valence-electron chi connectivity index (χ3n) is 5.17. The van der Waals surface area contributed by atoms with E-state index in [1.807, 2.05) is 59.0 Å². The molecule has 2 aromatic carbocycles. The van der Waals surface area contributed by atoms with Gasteiger partial charge >= 0.3 is 0 Å². The van der Waals surface area contributed by atoms with E-state index in [0.717, 1.165) is 39.4 Å². The van der Waals surface area contributed by atoms with E-state index in [2.05, 4.69) is 29.7 Å². The highest BCUT2D eigenvalue weighted by atomic mass is 16.2. The maximum Gasteiger partial charge on any atom is 0.282 e. The quantitative estimate of drug-likeness (QED) is 0.689. The third-order valence-corrected chi connectivity index (χ3v) is 5.17. The van der Waals surface area contributed by atoms with Gasteiger partial charge in [0.25, 0.3) is 11.8 Å². The zero-order chi connectivity index (χ0) is 20.8. The molecule has 5 nitrogen and oxygen atoms in total. The number of anilines is 2. The van der Waals surface area contributed by atoms with Crippen LogP contribution in [-0.4, -0.2) is 31.4 Å². The number of carbonyl (C=O) groups is 2. The van der Waals surface area contributed by atoms with E-state index in [-0.39, 0.29) is 24.4 Å². The molecule has 2 atom stereocenters. The van der Waals surface area contributed by atoms with Crippen LogP contribution in [0, 0.1) is 20.8 Å². The minimum absolute atomic E-state index is 0.0886. The highest BCUT2D eigenvalue weighted by molar-refractivity contribution is 5.96. The van der Waals surface area contributed by atoms with Gasteiger partial charge in [-0.15, -0.1) is 0 Å². The first-order valence-corrected chi connectivity index (χ1v) is 9.81. The summed E-state index contributed by atoms with van der Waals surface area (Å²) in [5.41, 5.74) is 6.06. The minimum atomic E-state index is -0.354. The van der Waals surface area contributed by atoms with Gasteiger partial charge in [0, 0.05) is 11.4 Å². The van der Waals surface area contributed by atoms with Gasteiger partial charge in [0.1, 0.15) is 0 Å². The van der Waals surface area contributed by atoms with Crippen LogP contribution in [0.2, 0.25) is 0 Å². The van der Waals surface area contributed by atoms with E-state index in [0.29, 0.717) is 0 Å².